The van der Waals surface area contributed by atoms with Crippen molar-refractivity contribution in [2.45, 2.75) is 27.3 Å². The van der Waals surface area contributed by atoms with Gasteiger partial charge in [-0.05, 0) is 23.5 Å². The molecular weight excluding hydrogens is 304 g/mol. The van der Waals surface area contributed by atoms with Crippen LogP contribution in [-0.4, -0.2) is 31.3 Å². The molecular formula is C15H15ClN4O2. The summed E-state index contributed by atoms with van der Waals surface area (Å²) in [5.41, 5.74) is 2.29. The van der Waals surface area contributed by atoms with E-state index in [9.17, 15) is 9.59 Å². The number of imide groups is 1. The molecule has 4 rings (SSSR count). The summed E-state index contributed by atoms with van der Waals surface area (Å²) in [6.45, 7) is 6.12. The van der Waals surface area contributed by atoms with E-state index < -0.39 is 0 Å². The summed E-state index contributed by atoms with van der Waals surface area (Å²) in [4.78, 5) is 30.2. The summed E-state index contributed by atoms with van der Waals surface area (Å²) in [5.74, 6) is -0.430. The quantitative estimate of drug-likeness (QED) is 0.792. The van der Waals surface area contributed by atoms with Crippen molar-refractivity contribution in [2.24, 2.45) is 17.3 Å². The van der Waals surface area contributed by atoms with Crippen LogP contribution < -0.4 is 0 Å². The average Bonchev–Trinajstić information content (AvgIpc) is 2.71. The number of hydrogen-bond donors (Lipinski definition) is 0. The van der Waals surface area contributed by atoms with Crippen LogP contribution in [0.3, 0.4) is 0 Å². The zero-order valence-corrected chi connectivity index (χ0v) is 13.3. The summed E-state index contributed by atoms with van der Waals surface area (Å²) in [7, 11) is 0. The number of aryl methyl sites for hydroxylation is 1. The summed E-state index contributed by atoms with van der Waals surface area (Å²) in [6, 6.07) is 0. The smallest absolute Gasteiger partial charge is 0.233 e. The molecule has 3 heterocycles. The topological polar surface area (TPSA) is 67.6 Å². The average molecular weight is 319 g/mol. The third-order valence-corrected chi connectivity index (χ3v) is 5.38. The first kappa shape index (κ1) is 13.7. The molecule has 6 nitrogen and oxygen atoms in total. The van der Waals surface area contributed by atoms with E-state index in [0.29, 0.717) is 10.7 Å². The molecule has 114 valence electrons. The Balaban J connectivity index is 1.69. The Morgan fingerprint density at radius 1 is 1.27 bits per heavy atom. The van der Waals surface area contributed by atoms with E-state index in [1.165, 1.54) is 11.2 Å². The minimum Gasteiger partial charge on any atom is -0.278 e. The molecule has 2 unspecified atom stereocenters. The number of likely N-dealkylation sites (tertiary alicyclic amines) is 1. The van der Waals surface area contributed by atoms with Gasteiger partial charge in [0.15, 0.2) is 5.15 Å². The van der Waals surface area contributed by atoms with E-state index in [2.05, 4.69) is 10.1 Å². The maximum Gasteiger partial charge on any atom is 0.233 e. The molecule has 22 heavy (non-hydrogen) atoms. The van der Waals surface area contributed by atoms with Gasteiger partial charge in [0.25, 0.3) is 0 Å². The van der Waals surface area contributed by atoms with E-state index in [1.54, 1.807) is 10.7 Å². The van der Waals surface area contributed by atoms with Crippen molar-refractivity contribution in [3.63, 3.8) is 0 Å². The monoisotopic (exact) mass is 318 g/mol. The second-order valence-electron chi connectivity index (χ2n) is 6.66. The maximum absolute atomic E-state index is 12.4. The van der Waals surface area contributed by atoms with Gasteiger partial charge in [-0.25, -0.2) is 9.50 Å². The Morgan fingerprint density at radius 2 is 1.91 bits per heavy atom. The number of piperidine rings is 1. The van der Waals surface area contributed by atoms with Gasteiger partial charge in [0.05, 0.1) is 18.4 Å². The highest BCUT2D eigenvalue weighted by Gasteiger charge is 2.72. The van der Waals surface area contributed by atoms with Gasteiger partial charge in [0, 0.05) is 6.20 Å². The van der Waals surface area contributed by atoms with Crippen LogP contribution in [0.25, 0.3) is 5.52 Å². The minimum absolute atomic E-state index is 0.0631. The normalized spacial score (nSPS) is 25.9. The number of carbonyl (C=O) groups excluding carboxylic acids is 2. The van der Waals surface area contributed by atoms with Gasteiger partial charge in [0.1, 0.15) is 11.8 Å². The fraction of sp³-hybridized carbons (Fsp3) is 0.467. The summed E-state index contributed by atoms with van der Waals surface area (Å²) < 4.78 is 1.63. The molecule has 1 saturated carbocycles. The summed E-state index contributed by atoms with van der Waals surface area (Å²) in [6.07, 6.45) is 3.18. The van der Waals surface area contributed by atoms with E-state index in [0.717, 1.165) is 11.1 Å². The van der Waals surface area contributed by atoms with E-state index in [-0.39, 0.29) is 35.6 Å². The molecule has 0 spiro atoms. The first-order valence-corrected chi connectivity index (χ1v) is 7.54. The lowest BCUT2D eigenvalue weighted by molar-refractivity contribution is -0.143. The van der Waals surface area contributed by atoms with Gasteiger partial charge >= 0.3 is 0 Å². The molecule has 0 N–H and O–H groups in total. The van der Waals surface area contributed by atoms with E-state index >= 15 is 0 Å². The second-order valence-corrected chi connectivity index (χ2v) is 7.02. The molecule has 2 fully saturated rings. The lowest BCUT2D eigenvalue weighted by Gasteiger charge is -2.20. The van der Waals surface area contributed by atoms with Crippen molar-refractivity contribution in [3.05, 3.63) is 28.8 Å². The number of halogens is 1. The number of amides is 2. The Hall–Kier alpha value is -1.95. The van der Waals surface area contributed by atoms with Gasteiger partial charge in [-0.1, -0.05) is 25.4 Å². The Labute approximate surface area is 132 Å². The van der Waals surface area contributed by atoms with Crippen LogP contribution in [0.5, 0.6) is 0 Å². The van der Waals surface area contributed by atoms with E-state index in [1.807, 2.05) is 20.8 Å². The number of hydrogen-bond acceptors (Lipinski definition) is 4. The molecule has 1 saturated heterocycles. The van der Waals surface area contributed by atoms with Crippen molar-refractivity contribution < 1.29 is 9.59 Å². The van der Waals surface area contributed by atoms with Gasteiger partial charge in [-0.15, -0.1) is 0 Å². The maximum atomic E-state index is 12.4. The van der Waals surface area contributed by atoms with Gasteiger partial charge in [-0.3, -0.25) is 14.5 Å². The summed E-state index contributed by atoms with van der Waals surface area (Å²) >= 11 is 6.10. The summed E-state index contributed by atoms with van der Waals surface area (Å²) in [5, 5.41) is 4.48. The fourth-order valence-electron chi connectivity index (χ4n) is 3.66. The van der Waals surface area contributed by atoms with E-state index in [4.69, 9.17) is 11.6 Å². The largest absolute Gasteiger partial charge is 0.278 e. The number of rotatable bonds is 2. The number of nitrogens with zero attached hydrogens (tertiary/aromatic N) is 4. The van der Waals surface area contributed by atoms with Gasteiger partial charge in [0.2, 0.25) is 11.8 Å². The highest BCUT2D eigenvalue weighted by molar-refractivity contribution is 6.32. The van der Waals surface area contributed by atoms with Gasteiger partial charge < -0.3 is 0 Å². The third-order valence-electron chi connectivity index (χ3n) is 5.11. The molecule has 2 amide bonds. The van der Waals surface area contributed by atoms with Crippen LogP contribution in [0.1, 0.15) is 25.0 Å². The molecule has 2 aromatic rings. The lowest BCUT2D eigenvalue weighted by atomic mass is 10.0. The molecule has 2 aliphatic rings. The SMILES string of the molecule is Cc1c(CN2C(=O)C3C(C2=O)C3(C)C)cn2ncnc(Cl)c12. The predicted molar refractivity (Wildman–Crippen MR) is 79.1 cm³/mol. The first-order valence-electron chi connectivity index (χ1n) is 7.16. The molecule has 2 aromatic heterocycles. The van der Waals surface area contributed by atoms with Gasteiger partial charge in [-0.2, -0.15) is 5.10 Å². The number of aromatic nitrogens is 3. The van der Waals surface area contributed by atoms with Crippen LogP contribution in [0, 0.1) is 24.2 Å². The molecule has 0 aromatic carbocycles. The molecule has 0 bridgehead atoms. The fourth-order valence-corrected chi connectivity index (χ4v) is 3.93. The molecule has 1 aliphatic heterocycles. The highest BCUT2D eigenvalue weighted by atomic mass is 35.5. The lowest BCUT2D eigenvalue weighted by Crippen LogP contribution is -2.35. The third kappa shape index (κ3) is 1.56. The van der Waals surface area contributed by atoms with Crippen molar-refractivity contribution in [1.29, 1.82) is 0 Å². The zero-order chi connectivity index (χ0) is 15.8. The molecule has 1 aliphatic carbocycles. The van der Waals surface area contributed by atoms with Crippen molar-refractivity contribution >= 4 is 28.9 Å². The van der Waals surface area contributed by atoms with Crippen molar-refractivity contribution in [3.8, 4) is 0 Å². The first-order chi connectivity index (χ1) is 10.3. The molecule has 7 heteroatoms. The predicted octanol–water partition coefficient (Wildman–Crippen LogP) is 1.83. The molecule has 0 radical (unpaired) electrons. The standard InChI is InChI=1S/C15H15ClN4O2/c1-7-8(5-20-11(7)12(16)17-6-18-20)4-19-13(21)9-10(14(19)22)15(9,2)3/h5-6,9-10H,4H2,1-3H3. The number of fused-ring (bicyclic) bond motifs is 2. The zero-order valence-electron chi connectivity index (χ0n) is 12.5. The van der Waals surface area contributed by atoms with Crippen LogP contribution >= 0.6 is 11.6 Å². The Kier molecular flexibility index (Phi) is 2.53. The number of carbonyl (C=O) groups is 2. The minimum atomic E-state index is -0.181. The molecule has 2 atom stereocenters. The van der Waals surface area contributed by atoms with Crippen molar-refractivity contribution in [1.82, 2.24) is 19.5 Å². The Morgan fingerprint density at radius 3 is 2.50 bits per heavy atom. The van der Waals surface area contributed by atoms with Crippen LogP contribution in [0.15, 0.2) is 12.5 Å². The van der Waals surface area contributed by atoms with Crippen molar-refractivity contribution in [2.75, 3.05) is 0 Å². The van der Waals surface area contributed by atoms with Crippen LogP contribution in [0.4, 0.5) is 0 Å². The second kappa shape index (κ2) is 4.07. The van der Waals surface area contributed by atoms with Crippen LogP contribution in [-0.2, 0) is 16.1 Å². The highest BCUT2D eigenvalue weighted by Crippen LogP contribution is 2.63. The van der Waals surface area contributed by atoms with Crippen LogP contribution in [0.2, 0.25) is 5.15 Å². The Bertz CT molecular complexity index is 817.